The van der Waals surface area contributed by atoms with Crippen molar-refractivity contribution in [3.05, 3.63) is 47.5 Å². The van der Waals surface area contributed by atoms with Gasteiger partial charge >= 0.3 is 6.18 Å². The summed E-state index contributed by atoms with van der Waals surface area (Å²) >= 11 is 0. The molecule has 0 nitrogen and oxygen atoms in total. The molecular formula is C15H19F3. The van der Waals surface area contributed by atoms with Gasteiger partial charge in [0, 0.05) is 5.57 Å². The second-order valence-electron chi connectivity index (χ2n) is 4.52. The molecule has 0 spiro atoms. The molecule has 0 aromatic heterocycles. The summed E-state index contributed by atoms with van der Waals surface area (Å²) in [7, 11) is 0. The lowest BCUT2D eigenvalue weighted by Crippen LogP contribution is -2.11. The fourth-order valence-electron chi connectivity index (χ4n) is 1.69. The van der Waals surface area contributed by atoms with Crippen molar-refractivity contribution in [2.24, 2.45) is 0 Å². The van der Waals surface area contributed by atoms with E-state index in [4.69, 9.17) is 0 Å². The number of unbranched alkanes of at least 4 members (excludes halogenated alkanes) is 1. The normalized spacial score (nSPS) is 11.6. The fourth-order valence-corrected chi connectivity index (χ4v) is 1.69. The molecule has 0 atom stereocenters. The Morgan fingerprint density at radius 3 is 2.00 bits per heavy atom. The van der Waals surface area contributed by atoms with E-state index in [0.717, 1.165) is 24.8 Å². The third-order valence-electron chi connectivity index (χ3n) is 2.96. The van der Waals surface area contributed by atoms with E-state index in [0.29, 0.717) is 6.42 Å². The van der Waals surface area contributed by atoms with Gasteiger partial charge in [-0.3, -0.25) is 0 Å². The number of hydrogen-bond acceptors (Lipinski definition) is 0. The molecule has 0 aliphatic rings. The van der Waals surface area contributed by atoms with Crippen LogP contribution < -0.4 is 0 Å². The van der Waals surface area contributed by atoms with Crippen LogP contribution in [0.2, 0.25) is 0 Å². The zero-order chi connectivity index (χ0) is 13.6. The number of hydrogen-bond donors (Lipinski definition) is 0. The van der Waals surface area contributed by atoms with Gasteiger partial charge in [0.1, 0.15) is 0 Å². The van der Waals surface area contributed by atoms with Gasteiger partial charge in [-0.2, -0.15) is 13.2 Å². The summed E-state index contributed by atoms with van der Waals surface area (Å²) in [6.45, 7) is 5.21. The van der Waals surface area contributed by atoms with Crippen molar-refractivity contribution in [1.82, 2.24) is 0 Å². The SMILES string of the molecule is C=C(CCc1ccc(CCCC)cc1)C(F)(F)F. The maximum atomic E-state index is 12.3. The average Bonchev–Trinajstić information content (AvgIpc) is 2.33. The van der Waals surface area contributed by atoms with Gasteiger partial charge in [0.05, 0.1) is 0 Å². The van der Waals surface area contributed by atoms with Crippen LogP contribution in [0.4, 0.5) is 13.2 Å². The Balaban J connectivity index is 2.46. The molecule has 0 bridgehead atoms. The quantitative estimate of drug-likeness (QED) is 0.622. The second kappa shape index (κ2) is 6.62. The largest absolute Gasteiger partial charge is 0.412 e. The molecule has 18 heavy (non-hydrogen) atoms. The highest BCUT2D eigenvalue weighted by atomic mass is 19.4. The fraction of sp³-hybridized carbons (Fsp3) is 0.467. The van der Waals surface area contributed by atoms with E-state index in [2.05, 4.69) is 13.5 Å². The Morgan fingerprint density at radius 1 is 1.06 bits per heavy atom. The monoisotopic (exact) mass is 256 g/mol. The molecule has 1 aromatic carbocycles. The average molecular weight is 256 g/mol. The zero-order valence-corrected chi connectivity index (χ0v) is 10.7. The van der Waals surface area contributed by atoms with E-state index < -0.39 is 11.7 Å². The summed E-state index contributed by atoms with van der Waals surface area (Å²) < 4.78 is 36.8. The van der Waals surface area contributed by atoms with Gasteiger partial charge in [0.2, 0.25) is 0 Å². The van der Waals surface area contributed by atoms with Crippen LogP contribution in [0.5, 0.6) is 0 Å². The first kappa shape index (κ1) is 14.8. The van der Waals surface area contributed by atoms with Crippen LogP contribution in [-0.2, 0) is 12.8 Å². The standard InChI is InChI=1S/C15H19F3/c1-3-4-5-13-8-10-14(11-9-13)7-6-12(2)15(16,17)18/h8-11H,2-7H2,1H3. The van der Waals surface area contributed by atoms with E-state index in [9.17, 15) is 13.2 Å². The Hall–Kier alpha value is -1.25. The van der Waals surface area contributed by atoms with Crippen molar-refractivity contribution >= 4 is 0 Å². The Kier molecular flexibility index (Phi) is 5.45. The van der Waals surface area contributed by atoms with Crippen LogP contribution in [0.1, 0.15) is 37.3 Å². The van der Waals surface area contributed by atoms with Crippen molar-refractivity contribution < 1.29 is 13.2 Å². The van der Waals surface area contributed by atoms with Gasteiger partial charge in [0.25, 0.3) is 0 Å². The third-order valence-corrected chi connectivity index (χ3v) is 2.96. The predicted octanol–water partition coefficient (Wildman–Crippen LogP) is 5.08. The van der Waals surface area contributed by atoms with Crippen molar-refractivity contribution in [1.29, 1.82) is 0 Å². The maximum absolute atomic E-state index is 12.3. The lowest BCUT2D eigenvalue weighted by molar-refractivity contribution is -0.0935. The van der Waals surface area contributed by atoms with Crippen molar-refractivity contribution in [2.75, 3.05) is 0 Å². The van der Waals surface area contributed by atoms with Gasteiger partial charge in [-0.05, 0) is 36.8 Å². The first-order chi connectivity index (χ1) is 8.43. The van der Waals surface area contributed by atoms with Gasteiger partial charge in [-0.15, -0.1) is 0 Å². The molecule has 0 radical (unpaired) electrons. The summed E-state index contributed by atoms with van der Waals surface area (Å²) in [5.41, 5.74) is 1.52. The highest BCUT2D eigenvalue weighted by Gasteiger charge is 2.30. The van der Waals surface area contributed by atoms with Crippen molar-refractivity contribution in [3.63, 3.8) is 0 Å². The molecule has 3 heteroatoms. The molecule has 0 amide bonds. The molecule has 0 saturated heterocycles. The third kappa shape index (κ3) is 4.94. The molecule has 100 valence electrons. The van der Waals surface area contributed by atoms with Crippen molar-refractivity contribution in [2.45, 2.75) is 45.2 Å². The minimum Gasteiger partial charge on any atom is -0.167 e. The summed E-state index contributed by atoms with van der Waals surface area (Å²) in [6, 6.07) is 7.83. The lowest BCUT2D eigenvalue weighted by atomic mass is 10.0. The summed E-state index contributed by atoms with van der Waals surface area (Å²) in [4.78, 5) is 0. The van der Waals surface area contributed by atoms with E-state index in [1.54, 1.807) is 0 Å². The highest BCUT2D eigenvalue weighted by molar-refractivity contribution is 5.23. The van der Waals surface area contributed by atoms with Gasteiger partial charge in [-0.25, -0.2) is 0 Å². The second-order valence-corrected chi connectivity index (χ2v) is 4.52. The van der Waals surface area contributed by atoms with Crippen LogP contribution >= 0.6 is 0 Å². The molecule has 0 N–H and O–H groups in total. The minimum absolute atomic E-state index is 0.0300. The molecule has 1 rings (SSSR count). The van der Waals surface area contributed by atoms with E-state index in [-0.39, 0.29) is 6.42 Å². The summed E-state index contributed by atoms with van der Waals surface area (Å²) in [5, 5.41) is 0. The molecule has 0 aliphatic carbocycles. The topological polar surface area (TPSA) is 0 Å². The number of allylic oxidation sites excluding steroid dienone is 1. The summed E-state index contributed by atoms with van der Waals surface area (Å²) in [6.07, 6.45) is -0.575. The van der Waals surface area contributed by atoms with Crippen molar-refractivity contribution in [3.8, 4) is 0 Å². The molecule has 1 aromatic rings. The predicted molar refractivity (Wildman–Crippen MR) is 68.6 cm³/mol. The van der Waals surface area contributed by atoms with E-state index in [1.807, 2.05) is 24.3 Å². The highest BCUT2D eigenvalue weighted by Crippen LogP contribution is 2.27. The first-order valence-corrected chi connectivity index (χ1v) is 6.26. The Bertz CT molecular complexity index is 374. The molecule has 0 saturated carbocycles. The Labute approximate surface area is 107 Å². The number of aryl methyl sites for hydroxylation is 2. The number of alkyl halides is 3. The number of benzene rings is 1. The zero-order valence-electron chi connectivity index (χ0n) is 10.7. The number of rotatable bonds is 6. The summed E-state index contributed by atoms with van der Waals surface area (Å²) in [5.74, 6) is 0. The maximum Gasteiger partial charge on any atom is 0.412 e. The van der Waals surface area contributed by atoms with E-state index >= 15 is 0 Å². The van der Waals surface area contributed by atoms with Crippen LogP contribution in [0.15, 0.2) is 36.4 Å². The molecular weight excluding hydrogens is 237 g/mol. The lowest BCUT2D eigenvalue weighted by Gasteiger charge is -2.10. The molecule has 0 heterocycles. The van der Waals surface area contributed by atoms with Gasteiger partial charge in [-0.1, -0.05) is 44.2 Å². The smallest absolute Gasteiger partial charge is 0.167 e. The Morgan fingerprint density at radius 2 is 1.56 bits per heavy atom. The molecule has 0 fully saturated rings. The van der Waals surface area contributed by atoms with Crippen LogP contribution in [-0.4, -0.2) is 6.18 Å². The van der Waals surface area contributed by atoms with Crippen LogP contribution in [0.3, 0.4) is 0 Å². The molecule has 0 unspecified atom stereocenters. The number of halogens is 3. The van der Waals surface area contributed by atoms with Crippen LogP contribution in [0, 0.1) is 0 Å². The first-order valence-electron chi connectivity index (χ1n) is 6.26. The van der Waals surface area contributed by atoms with Gasteiger partial charge < -0.3 is 0 Å². The minimum atomic E-state index is -4.26. The van der Waals surface area contributed by atoms with E-state index in [1.165, 1.54) is 5.56 Å². The molecule has 0 aliphatic heterocycles. The van der Waals surface area contributed by atoms with Crippen LogP contribution in [0.25, 0.3) is 0 Å². The van der Waals surface area contributed by atoms with Gasteiger partial charge in [0.15, 0.2) is 0 Å².